The van der Waals surface area contributed by atoms with Crippen molar-refractivity contribution in [3.8, 4) is 22.3 Å². The normalized spacial score (nSPS) is 12.6. The Morgan fingerprint density at radius 3 is 2.02 bits per heavy atom. The second-order valence-electron chi connectivity index (χ2n) is 16.6. The zero-order valence-corrected chi connectivity index (χ0v) is 37.2. The molecule has 0 saturated carbocycles. The van der Waals surface area contributed by atoms with E-state index >= 15 is 0 Å². The van der Waals surface area contributed by atoms with Gasteiger partial charge in [0, 0.05) is 74.3 Å². The molecule has 14 heteroatoms. The van der Waals surface area contributed by atoms with Crippen LogP contribution >= 0.6 is 0 Å². The Hall–Kier alpha value is -7.09. The monoisotopic (exact) mass is 899 g/mol. The maximum atomic E-state index is 14.0. The first-order valence-electron chi connectivity index (χ1n) is 21.9. The van der Waals surface area contributed by atoms with Crippen LogP contribution in [0.2, 0.25) is 0 Å². The van der Waals surface area contributed by atoms with Gasteiger partial charge in [0.1, 0.15) is 11.5 Å². The van der Waals surface area contributed by atoms with E-state index in [-0.39, 0.29) is 29.8 Å². The maximum Gasteiger partial charge on any atom is 0.389 e. The van der Waals surface area contributed by atoms with Crippen LogP contribution in [0.1, 0.15) is 92.3 Å². The lowest BCUT2D eigenvalue weighted by Gasteiger charge is -2.21. The molecule has 0 aliphatic rings. The standard InChI is InChI=1S/C27H27FN2O3.C25H22F3N3O2/c1-4-6-20(27(32)33)24-23(17-9-7-16(3)8-10-17)21-15-18-14-19(28)11-12-22(18)29-25(21)30(13-5-2)26(24)31;1-14-9-10-17(13-29-14)22-19-12-16-6-3-4-8-20(16)31-23(19)30-15(2)21(22)18(24(32)33)7-5-11-25(26,27)28/h7-12,14-15,20H,4-6,13H2,1-3H3,(H,32,33);3-4,6,8-10,12-13,18H,5,7,11H2,1-2H3,(H,32,33). The highest BCUT2D eigenvalue weighted by Gasteiger charge is 2.32. The predicted octanol–water partition coefficient (Wildman–Crippen LogP) is 12.4. The molecule has 3 aromatic carbocycles. The van der Waals surface area contributed by atoms with E-state index in [0.29, 0.717) is 86.7 Å². The average molecular weight is 900 g/mol. The van der Waals surface area contributed by atoms with Gasteiger partial charge in [0.15, 0.2) is 5.65 Å². The van der Waals surface area contributed by atoms with Gasteiger partial charge < -0.3 is 10.2 Å². The van der Waals surface area contributed by atoms with Crippen molar-refractivity contribution in [3.63, 3.8) is 0 Å². The van der Waals surface area contributed by atoms with Gasteiger partial charge in [0.25, 0.3) is 5.56 Å². The van der Waals surface area contributed by atoms with E-state index in [9.17, 15) is 42.2 Å². The largest absolute Gasteiger partial charge is 0.481 e. The summed E-state index contributed by atoms with van der Waals surface area (Å²) in [5, 5.41) is 22.8. The first-order chi connectivity index (χ1) is 31.5. The quantitative estimate of drug-likeness (QED) is 0.0852. The number of carbonyl (C=O) groups is 2. The van der Waals surface area contributed by atoms with Crippen LogP contribution < -0.4 is 5.56 Å². The van der Waals surface area contributed by atoms with Crippen LogP contribution in [0.15, 0.2) is 102 Å². The van der Waals surface area contributed by atoms with Gasteiger partial charge in [0.2, 0.25) is 0 Å². The van der Waals surface area contributed by atoms with Gasteiger partial charge in [-0.2, -0.15) is 13.2 Å². The Balaban J connectivity index is 0.000000196. The molecule has 2 N–H and O–H groups in total. The van der Waals surface area contributed by atoms with Crippen molar-refractivity contribution in [1.29, 1.82) is 0 Å². The highest BCUT2D eigenvalue weighted by molar-refractivity contribution is 6.03. The number of halogens is 4. The van der Waals surface area contributed by atoms with Crippen LogP contribution in [0, 0.1) is 26.6 Å². The Morgan fingerprint density at radius 2 is 1.36 bits per heavy atom. The smallest absolute Gasteiger partial charge is 0.389 e. The van der Waals surface area contributed by atoms with Crippen molar-refractivity contribution >= 4 is 55.8 Å². The Kier molecular flexibility index (Phi) is 13.9. The molecule has 8 aromatic rings. The summed E-state index contributed by atoms with van der Waals surface area (Å²) in [6, 6.07) is 26.9. The third kappa shape index (κ3) is 9.92. The molecular weight excluding hydrogens is 851 g/mol. The molecular formula is C52H49F4N5O5. The Labute approximate surface area is 378 Å². The molecule has 66 heavy (non-hydrogen) atoms. The van der Waals surface area contributed by atoms with Crippen molar-refractivity contribution in [3.05, 3.63) is 141 Å². The summed E-state index contributed by atoms with van der Waals surface area (Å²) < 4.78 is 53.9. The molecule has 8 rings (SSSR count). The summed E-state index contributed by atoms with van der Waals surface area (Å²) in [6.07, 6.45) is -2.52. The third-order valence-corrected chi connectivity index (χ3v) is 11.7. The number of carboxylic acids is 2. The Bertz CT molecular complexity index is 3170. The number of carboxylic acid groups (broad SMARTS) is 2. The minimum Gasteiger partial charge on any atom is -0.481 e. The first kappa shape index (κ1) is 46.9. The number of aromatic nitrogens is 5. The van der Waals surface area contributed by atoms with Crippen LogP contribution in [0.5, 0.6) is 0 Å². The number of alkyl halides is 3. The molecule has 0 spiro atoms. The summed E-state index contributed by atoms with van der Waals surface area (Å²) in [4.78, 5) is 56.8. The van der Waals surface area contributed by atoms with Gasteiger partial charge in [-0.05, 0) is 100 Å². The van der Waals surface area contributed by atoms with E-state index in [2.05, 4.69) is 15.0 Å². The van der Waals surface area contributed by atoms with Crippen LogP contribution in [0.4, 0.5) is 17.6 Å². The minimum atomic E-state index is -4.34. The fraction of sp³-hybridized carbons (Fsp3) is 0.288. The van der Waals surface area contributed by atoms with Gasteiger partial charge in [-0.1, -0.05) is 74.4 Å². The molecule has 0 radical (unpaired) electrons. The number of pyridine rings is 5. The molecule has 2 atom stereocenters. The summed E-state index contributed by atoms with van der Waals surface area (Å²) >= 11 is 0. The number of hydrogen-bond acceptors (Lipinski definition) is 7. The van der Waals surface area contributed by atoms with Crippen molar-refractivity contribution in [2.45, 2.75) is 97.7 Å². The molecule has 0 amide bonds. The molecule has 0 fully saturated rings. The number of para-hydroxylation sites is 1. The molecule has 2 unspecified atom stereocenters. The molecule has 5 heterocycles. The topological polar surface area (TPSA) is 148 Å². The summed E-state index contributed by atoms with van der Waals surface area (Å²) in [5.41, 5.74) is 7.48. The number of aliphatic carboxylic acids is 2. The van der Waals surface area contributed by atoms with Crippen molar-refractivity contribution in [2.75, 3.05) is 0 Å². The molecule has 0 aliphatic heterocycles. The van der Waals surface area contributed by atoms with Crippen molar-refractivity contribution < 1.29 is 37.4 Å². The van der Waals surface area contributed by atoms with Crippen LogP contribution in [-0.2, 0) is 16.1 Å². The number of fused-ring (bicyclic) bond motifs is 4. The lowest BCUT2D eigenvalue weighted by Crippen LogP contribution is -2.30. The number of rotatable bonds is 13. The van der Waals surface area contributed by atoms with E-state index in [4.69, 9.17) is 4.98 Å². The van der Waals surface area contributed by atoms with Crippen LogP contribution in [0.25, 0.3) is 66.1 Å². The SMILES string of the molecule is CCCC(C(=O)O)c1c(-c2ccc(C)cc2)c2cc3cc(F)ccc3nc2n(CCC)c1=O.Cc1ccc(-c2c(C(CCCC(F)(F)F)C(=O)O)c(C)nc3nc4ccccc4cc23)cn1. The van der Waals surface area contributed by atoms with Crippen molar-refractivity contribution in [1.82, 2.24) is 24.5 Å². The lowest BCUT2D eigenvalue weighted by molar-refractivity contribution is -0.142. The zero-order valence-electron chi connectivity index (χ0n) is 37.2. The lowest BCUT2D eigenvalue weighted by atomic mass is 9.85. The molecule has 0 aliphatic carbocycles. The summed E-state index contributed by atoms with van der Waals surface area (Å²) in [6.45, 7) is 9.77. The van der Waals surface area contributed by atoms with E-state index in [1.165, 1.54) is 12.1 Å². The van der Waals surface area contributed by atoms with Crippen LogP contribution in [0.3, 0.4) is 0 Å². The molecule has 5 aromatic heterocycles. The fourth-order valence-corrected chi connectivity index (χ4v) is 8.66. The van der Waals surface area contributed by atoms with Gasteiger partial charge in [-0.3, -0.25) is 23.9 Å². The molecule has 0 bridgehead atoms. The third-order valence-electron chi connectivity index (χ3n) is 11.7. The van der Waals surface area contributed by atoms with Crippen molar-refractivity contribution in [2.24, 2.45) is 0 Å². The van der Waals surface area contributed by atoms with Gasteiger partial charge in [0.05, 0.1) is 22.9 Å². The Morgan fingerprint density at radius 1 is 0.712 bits per heavy atom. The minimum absolute atomic E-state index is 0.157. The second-order valence-corrected chi connectivity index (χ2v) is 16.6. The highest BCUT2D eigenvalue weighted by Crippen LogP contribution is 2.41. The maximum absolute atomic E-state index is 14.0. The number of aryl methyl sites for hydroxylation is 4. The highest BCUT2D eigenvalue weighted by atomic mass is 19.4. The summed E-state index contributed by atoms with van der Waals surface area (Å²) in [7, 11) is 0. The van der Waals surface area contributed by atoms with E-state index in [1.807, 2.05) is 100 Å². The average Bonchev–Trinajstić information content (AvgIpc) is 3.27. The predicted molar refractivity (Wildman–Crippen MR) is 249 cm³/mol. The summed E-state index contributed by atoms with van der Waals surface area (Å²) in [5.74, 6) is -4.68. The number of benzene rings is 3. The van der Waals surface area contributed by atoms with Gasteiger partial charge in [-0.25, -0.2) is 19.3 Å². The second kappa shape index (κ2) is 19.6. The molecule has 10 nitrogen and oxygen atoms in total. The zero-order chi connectivity index (χ0) is 47.4. The van der Waals surface area contributed by atoms with Gasteiger partial charge >= 0.3 is 18.1 Å². The molecule has 340 valence electrons. The van der Waals surface area contributed by atoms with E-state index in [0.717, 1.165) is 27.7 Å². The van der Waals surface area contributed by atoms with E-state index in [1.54, 1.807) is 23.8 Å². The number of nitrogens with zero attached hydrogens (tertiary/aromatic N) is 5. The first-order valence-corrected chi connectivity index (χ1v) is 21.9. The van der Waals surface area contributed by atoms with E-state index < -0.39 is 36.4 Å². The fourth-order valence-electron chi connectivity index (χ4n) is 8.66. The van der Waals surface area contributed by atoms with Crippen LogP contribution in [-0.4, -0.2) is 52.8 Å². The number of hydrogen-bond donors (Lipinski definition) is 2. The molecule has 0 saturated heterocycles. The van der Waals surface area contributed by atoms with Gasteiger partial charge in [-0.15, -0.1) is 0 Å².